The molecule has 25 heavy (non-hydrogen) atoms. The van der Waals surface area contributed by atoms with E-state index in [1.165, 1.54) is 0 Å². The van der Waals surface area contributed by atoms with Crippen molar-refractivity contribution in [2.24, 2.45) is 5.41 Å². The van der Waals surface area contributed by atoms with Gasteiger partial charge in [0, 0.05) is 16.5 Å². The van der Waals surface area contributed by atoms with Crippen molar-refractivity contribution in [3.05, 3.63) is 0 Å². The van der Waals surface area contributed by atoms with Gasteiger partial charge >= 0.3 is 8.60 Å². The highest BCUT2D eigenvalue weighted by Gasteiger charge is 2.36. The summed E-state index contributed by atoms with van der Waals surface area (Å²) in [6.07, 6.45) is 5.31. The van der Waals surface area contributed by atoms with Gasteiger partial charge in [0.05, 0.1) is 19.3 Å². The Labute approximate surface area is 155 Å². The average molecular weight is 381 g/mol. The van der Waals surface area contributed by atoms with Gasteiger partial charge in [0.2, 0.25) is 0 Å². The van der Waals surface area contributed by atoms with Gasteiger partial charge in [0.1, 0.15) is 0 Å². The minimum Gasteiger partial charge on any atom is -0.396 e. The molecular formula is C18H40NO5P. The predicted molar refractivity (Wildman–Crippen MR) is 103 cm³/mol. The molecule has 0 bridgehead atoms. The molecule has 1 heterocycles. The molecule has 5 N–H and O–H groups in total. The molecule has 7 heteroatoms. The third-order valence-corrected chi connectivity index (χ3v) is 5.16. The number of unbranched alkanes of at least 4 members (excludes halogenated alkanes) is 1. The van der Waals surface area contributed by atoms with Crippen LogP contribution in [0, 0.1) is 5.41 Å². The molecule has 1 unspecified atom stereocenters. The molecule has 1 aliphatic rings. The second kappa shape index (κ2) is 11.1. The zero-order valence-corrected chi connectivity index (χ0v) is 17.8. The first-order valence-electron chi connectivity index (χ1n) is 9.30. The monoisotopic (exact) mass is 381 g/mol. The second-order valence-electron chi connectivity index (χ2n) is 8.60. The third-order valence-electron chi connectivity index (χ3n) is 4.80. The molecule has 0 aromatic carbocycles. The zero-order chi connectivity index (χ0) is 19.7. The number of nitrogens with one attached hydrogen (secondary N) is 1. The second-order valence-corrected chi connectivity index (χ2v) is 9.36. The minimum atomic E-state index is -2.30. The van der Waals surface area contributed by atoms with Crippen LogP contribution in [0.3, 0.4) is 0 Å². The molecule has 1 fully saturated rings. The molecule has 0 aliphatic carbocycles. The van der Waals surface area contributed by atoms with Crippen LogP contribution in [0.5, 0.6) is 0 Å². The van der Waals surface area contributed by atoms with Gasteiger partial charge in [0.15, 0.2) is 0 Å². The highest BCUT2D eigenvalue weighted by molar-refractivity contribution is 7.39. The number of hydrogen-bond donors (Lipinski definition) is 5. The quantitative estimate of drug-likeness (QED) is 0.414. The van der Waals surface area contributed by atoms with E-state index in [4.69, 9.17) is 14.3 Å². The number of piperidine rings is 1. The van der Waals surface area contributed by atoms with Gasteiger partial charge in [-0.1, -0.05) is 26.7 Å². The molecule has 0 aromatic rings. The van der Waals surface area contributed by atoms with Crippen molar-refractivity contribution in [1.82, 2.24) is 5.32 Å². The van der Waals surface area contributed by atoms with E-state index in [1.54, 1.807) is 0 Å². The van der Waals surface area contributed by atoms with Crippen molar-refractivity contribution in [1.29, 1.82) is 0 Å². The van der Waals surface area contributed by atoms with Crippen molar-refractivity contribution < 1.29 is 24.5 Å². The van der Waals surface area contributed by atoms with Gasteiger partial charge in [-0.05, 0) is 53.4 Å². The van der Waals surface area contributed by atoms with E-state index in [2.05, 4.69) is 39.9 Å². The Bertz CT molecular complexity index is 343. The van der Waals surface area contributed by atoms with E-state index in [0.717, 1.165) is 38.5 Å². The van der Waals surface area contributed by atoms with Crippen LogP contribution in [0.4, 0.5) is 0 Å². The topological polar surface area (TPSA) is 102 Å². The summed E-state index contributed by atoms with van der Waals surface area (Å²) in [6, 6.07) is 0. The maximum Gasteiger partial charge on any atom is 0.327 e. The van der Waals surface area contributed by atoms with Gasteiger partial charge in [-0.3, -0.25) is 0 Å². The maximum absolute atomic E-state index is 9.54. The molecule has 152 valence electrons. The van der Waals surface area contributed by atoms with Crippen LogP contribution in [-0.2, 0) is 4.52 Å². The molecule has 0 saturated carbocycles. The molecule has 0 amide bonds. The van der Waals surface area contributed by atoms with Gasteiger partial charge in [-0.2, -0.15) is 0 Å². The van der Waals surface area contributed by atoms with Crippen LogP contribution in [0.1, 0.15) is 80.1 Å². The lowest BCUT2D eigenvalue weighted by Crippen LogP contribution is -2.59. The number of hydrogen-bond acceptors (Lipinski definition) is 6. The van der Waals surface area contributed by atoms with E-state index < -0.39 is 8.60 Å². The van der Waals surface area contributed by atoms with E-state index in [9.17, 15) is 10.2 Å². The first kappa shape index (κ1) is 25.2. The number of aliphatic hydroxyl groups is 2. The highest BCUT2D eigenvalue weighted by Crippen LogP contribution is 2.34. The summed E-state index contributed by atoms with van der Waals surface area (Å²) >= 11 is 0. The molecule has 1 saturated heterocycles. The van der Waals surface area contributed by atoms with Crippen LogP contribution in [0.15, 0.2) is 0 Å². The summed E-state index contributed by atoms with van der Waals surface area (Å²) in [5.74, 6) is 0. The Morgan fingerprint density at radius 1 is 1.12 bits per heavy atom. The summed E-state index contributed by atoms with van der Waals surface area (Å²) < 4.78 is 4.80. The van der Waals surface area contributed by atoms with E-state index in [1.807, 2.05) is 6.92 Å². The van der Waals surface area contributed by atoms with Gasteiger partial charge in [-0.15, -0.1) is 0 Å². The summed E-state index contributed by atoms with van der Waals surface area (Å²) in [6.45, 7) is 12.9. The molecule has 6 nitrogen and oxygen atoms in total. The SMILES string of the molecule is CC1(C)CC(O)CC(C)(C)N1.CCCCC(CC)(CO)COP(O)O. The fraction of sp³-hybridized carbons (Fsp3) is 1.00. The normalized spacial score (nSPS) is 22.2. The predicted octanol–water partition coefficient (Wildman–Crippen LogP) is 3.08. The molecule has 0 spiro atoms. The molecular weight excluding hydrogens is 341 g/mol. The van der Waals surface area contributed by atoms with E-state index >= 15 is 0 Å². The van der Waals surface area contributed by atoms with Gasteiger partial charge in [0.25, 0.3) is 0 Å². The Hall–Kier alpha value is 0.190. The van der Waals surface area contributed by atoms with Crippen LogP contribution in [0.2, 0.25) is 0 Å². The van der Waals surface area contributed by atoms with Crippen molar-refractivity contribution in [2.45, 2.75) is 97.2 Å². The van der Waals surface area contributed by atoms with Crippen LogP contribution < -0.4 is 5.32 Å². The lowest BCUT2D eigenvalue weighted by Gasteiger charge is -2.44. The number of rotatable bonds is 8. The van der Waals surface area contributed by atoms with E-state index in [-0.39, 0.29) is 35.8 Å². The fourth-order valence-corrected chi connectivity index (χ4v) is 3.99. The van der Waals surface area contributed by atoms with Crippen LogP contribution in [0.25, 0.3) is 0 Å². The lowest BCUT2D eigenvalue weighted by molar-refractivity contribution is 0.0396. The summed E-state index contributed by atoms with van der Waals surface area (Å²) in [4.78, 5) is 17.3. The lowest BCUT2D eigenvalue weighted by atomic mass is 9.81. The standard InChI is InChI=1S/C9H19NO.C9H21O4P/c1-8(2)5-7(11)6-9(3,4)10-8;1-3-5-6-9(4-2,7-10)8-13-14(11)12/h7,10-11H,5-6H2,1-4H3;10-12H,3-8H2,1-2H3. The summed E-state index contributed by atoms with van der Waals surface area (Å²) in [7, 11) is -2.30. The largest absolute Gasteiger partial charge is 0.396 e. The average Bonchev–Trinajstić information content (AvgIpc) is 2.45. The first-order chi connectivity index (χ1) is 11.4. The van der Waals surface area contributed by atoms with E-state index in [0.29, 0.717) is 0 Å². The minimum absolute atomic E-state index is 0.0344. The Kier molecular flexibility index (Phi) is 11.2. The Morgan fingerprint density at radius 2 is 1.64 bits per heavy atom. The van der Waals surface area contributed by atoms with Crippen molar-refractivity contribution in [3.63, 3.8) is 0 Å². The molecule has 0 radical (unpaired) electrons. The zero-order valence-electron chi connectivity index (χ0n) is 16.9. The summed E-state index contributed by atoms with van der Waals surface area (Å²) in [5.41, 5.74) is -0.135. The van der Waals surface area contributed by atoms with Gasteiger partial charge in [-0.25, -0.2) is 0 Å². The van der Waals surface area contributed by atoms with Crippen molar-refractivity contribution >= 4 is 8.60 Å². The maximum atomic E-state index is 9.54. The Balaban J connectivity index is 0.000000472. The van der Waals surface area contributed by atoms with Crippen molar-refractivity contribution in [3.8, 4) is 0 Å². The molecule has 1 aliphatic heterocycles. The first-order valence-corrected chi connectivity index (χ1v) is 10.5. The summed E-state index contributed by atoms with van der Waals surface area (Å²) in [5, 5.41) is 22.3. The Morgan fingerprint density at radius 3 is 1.96 bits per heavy atom. The van der Waals surface area contributed by atoms with Gasteiger partial charge < -0.3 is 29.8 Å². The fourth-order valence-electron chi connectivity index (χ4n) is 3.60. The molecule has 0 aromatic heterocycles. The number of aliphatic hydroxyl groups excluding tert-OH is 2. The van der Waals surface area contributed by atoms with Crippen molar-refractivity contribution in [2.75, 3.05) is 13.2 Å². The molecule has 1 rings (SSSR count). The van der Waals surface area contributed by atoms with Crippen LogP contribution >= 0.6 is 8.60 Å². The third kappa shape index (κ3) is 10.8. The van der Waals surface area contributed by atoms with Crippen LogP contribution in [-0.4, -0.2) is 50.4 Å². The smallest absolute Gasteiger partial charge is 0.327 e. The highest BCUT2D eigenvalue weighted by atomic mass is 31.2. The molecule has 1 atom stereocenters.